The average molecular weight is 155 g/mol. The number of rotatable bonds is 6. The lowest BCUT2D eigenvalue weighted by atomic mass is 9.98. The molecule has 1 radical (unpaired) electrons. The molecule has 1 unspecified atom stereocenters. The summed E-state index contributed by atoms with van der Waals surface area (Å²) in [4.78, 5) is 10.1. The van der Waals surface area contributed by atoms with Gasteiger partial charge in [0.25, 0.3) is 0 Å². The fraction of sp³-hybridized carbons (Fsp3) is 0.800. The van der Waals surface area contributed by atoms with Crippen LogP contribution in [0, 0.1) is 18.3 Å². The topological polar surface area (TPSA) is 17.1 Å². The van der Waals surface area contributed by atoms with Crippen LogP contribution < -0.4 is 0 Å². The Morgan fingerprint density at radius 2 is 1.73 bits per heavy atom. The number of carbonyl (C=O) groups excluding carboxylic acids is 1. The summed E-state index contributed by atoms with van der Waals surface area (Å²) in [7, 11) is 0. The molecule has 0 rings (SSSR count). The summed E-state index contributed by atoms with van der Waals surface area (Å²) in [6.45, 7) is 6.53. The Hall–Kier alpha value is -0.330. The largest absolute Gasteiger partial charge is 0.303 e. The van der Waals surface area contributed by atoms with Crippen LogP contribution in [0.3, 0.4) is 0 Å². The first kappa shape index (κ1) is 10.7. The van der Waals surface area contributed by atoms with Gasteiger partial charge in [-0.25, -0.2) is 0 Å². The minimum absolute atomic E-state index is 0.534. The van der Waals surface area contributed by atoms with Crippen LogP contribution in [0.15, 0.2) is 0 Å². The zero-order valence-electron chi connectivity index (χ0n) is 7.84. The van der Waals surface area contributed by atoms with Gasteiger partial charge in [-0.2, -0.15) is 0 Å². The normalized spacial score (nSPS) is 13.5. The van der Waals surface area contributed by atoms with Crippen molar-refractivity contribution in [2.75, 3.05) is 0 Å². The Morgan fingerprint density at radius 1 is 1.09 bits per heavy atom. The van der Waals surface area contributed by atoms with Gasteiger partial charge in [-0.1, -0.05) is 20.8 Å². The predicted octanol–water partition coefficient (Wildman–Crippen LogP) is 2.85. The molecular formula is C10H19O. The van der Waals surface area contributed by atoms with Crippen molar-refractivity contribution in [3.05, 3.63) is 6.42 Å². The van der Waals surface area contributed by atoms with Gasteiger partial charge in [0.15, 0.2) is 0 Å². The van der Waals surface area contributed by atoms with Gasteiger partial charge in [0.1, 0.15) is 6.29 Å². The minimum atomic E-state index is 0.534. The fourth-order valence-electron chi connectivity index (χ4n) is 0.975. The second-order valence-electron chi connectivity index (χ2n) is 3.66. The van der Waals surface area contributed by atoms with E-state index in [-0.39, 0.29) is 0 Å². The maximum atomic E-state index is 10.1. The molecule has 0 saturated carbocycles. The third kappa shape index (κ3) is 7.57. The second-order valence-corrected chi connectivity index (χ2v) is 3.66. The molecule has 0 fully saturated rings. The van der Waals surface area contributed by atoms with Crippen molar-refractivity contribution >= 4 is 6.29 Å². The quantitative estimate of drug-likeness (QED) is 0.539. The van der Waals surface area contributed by atoms with E-state index in [1.807, 2.05) is 0 Å². The summed E-state index contributed by atoms with van der Waals surface area (Å²) >= 11 is 0. The van der Waals surface area contributed by atoms with E-state index in [0.717, 1.165) is 18.6 Å². The molecule has 0 aromatic carbocycles. The van der Waals surface area contributed by atoms with Gasteiger partial charge in [-0.3, -0.25) is 0 Å². The highest BCUT2D eigenvalue weighted by Crippen LogP contribution is 2.12. The fourth-order valence-corrected chi connectivity index (χ4v) is 0.975. The number of aldehydes is 1. The van der Waals surface area contributed by atoms with E-state index >= 15 is 0 Å². The molecular weight excluding hydrogens is 136 g/mol. The summed E-state index contributed by atoms with van der Waals surface area (Å²) in [6, 6.07) is 0. The highest BCUT2D eigenvalue weighted by Gasteiger charge is 2.01. The van der Waals surface area contributed by atoms with Gasteiger partial charge in [0, 0.05) is 6.42 Å². The first-order valence-corrected chi connectivity index (χ1v) is 4.42. The van der Waals surface area contributed by atoms with Crippen LogP contribution >= 0.6 is 0 Å². The first-order valence-electron chi connectivity index (χ1n) is 4.42. The summed E-state index contributed by atoms with van der Waals surface area (Å²) in [5.41, 5.74) is 0. The molecule has 0 saturated heterocycles. The van der Waals surface area contributed by atoms with Crippen molar-refractivity contribution in [1.82, 2.24) is 0 Å². The third-order valence-corrected chi connectivity index (χ3v) is 1.71. The smallest absolute Gasteiger partial charge is 0.120 e. The van der Waals surface area contributed by atoms with Crippen LogP contribution in [-0.4, -0.2) is 6.29 Å². The van der Waals surface area contributed by atoms with E-state index in [2.05, 4.69) is 27.2 Å². The molecule has 1 nitrogen and oxygen atoms in total. The number of carbonyl (C=O) groups is 1. The molecule has 65 valence electrons. The molecule has 1 heteroatoms. The SMILES string of the molecule is CC(C)C[CH]CC(C)CC=O. The Kier molecular flexibility index (Phi) is 6.19. The van der Waals surface area contributed by atoms with Crippen molar-refractivity contribution in [3.8, 4) is 0 Å². The van der Waals surface area contributed by atoms with E-state index in [1.54, 1.807) is 0 Å². The maximum absolute atomic E-state index is 10.1. The second kappa shape index (κ2) is 6.38. The van der Waals surface area contributed by atoms with Crippen LogP contribution in [0.4, 0.5) is 0 Å². The third-order valence-electron chi connectivity index (χ3n) is 1.71. The molecule has 0 bridgehead atoms. The highest BCUT2D eigenvalue weighted by atomic mass is 16.1. The van der Waals surface area contributed by atoms with E-state index in [9.17, 15) is 4.79 Å². The lowest BCUT2D eigenvalue weighted by Gasteiger charge is -2.07. The Bertz CT molecular complexity index is 97.0. The van der Waals surface area contributed by atoms with Crippen LogP contribution in [-0.2, 0) is 4.79 Å². The van der Waals surface area contributed by atoms with Gasteiger partial charge in [0.2, 0.25) is 0 Å². The number of hydrogen-bond acceptors (Lipinski definition) is 1. The molecule has 0 amide bonds. The van der Waals surface area contributed by atoms with E-state index < -0.39 is 0 Å². The lowest BCUT2D eigenvalue weighted by molar-refractivity contribution is -0.108. The van der Waals surface area contributed by atoms with Gasteiger partial charge in [-0.05, 0) is 31.1 Å². The molecule has 0 heterocycles. The molecule has 1 atom stereocenters. The summed E-state index contributed by atoms with van der Waals surface area (Å²) in [5.74, 6) is 1.28. The molecule has 0 aliphatic rings. The van der Waals surface area contributed by atoms with Gasteiger partial charge >= 0.3 is 0 Å². The lowest BCUT2D eigenvalue weighted by Crippen LogP contribution is -1.97. The van der Waals surface area contributed by atoms with Gasteiger partial charge in [0.05, 0.1) is 0 Å². The number of hydrogen-bond donors (Lipinski definition) is 0. The highest BCUT2D eigenvalue weighted by molar-refractivity contribution is 5.49. The van der Waals surface area contributed by atoms with Crippen LogP contribution in [0.5, 0.6) is 0 Å². The molecule has 11 heavy (non-hydrogen) atoms. The van der Waals surface area contributed by atoms with Crippen molar-refractivity contribution in [1.29, 1.82) is 0 Å². The molecule has 0 aliphatic heterocycles. The van der Waals surface area contributed by atoms with Crippen molar-refractivity contribution in [2.45, 2.75) is 40.0 Å². The van der Waals surface area contributed by atoms with E-state index in [4.69, 9.17) is 0 Å². The van der Waals surface area contributed by atoms with Crippen LogP contribution in [0.1, 0.15) is 40.0 Å². The molecule has 0 aromatic heterocycles. The first-order chi connectivity index (χ1) is 5.16. The molecule has 0 aromatic rings. The zero-order chi connectivity index (χ0) is 8.69. The van der Waals surface area contributed by atoms with Gasteiger partial charge < -0.3 is 4.79 Å². The van der Waals surface area contributed by atoms with Crippen molar-refractivity contribution in [2.24, 2.45) is 11.8 Å². The molecule has 0 spiro atoms. The Labute approximate surface area is 70.2 Å². The average Bonchev–Trinajstić information content (AvgIpc) is 1.87. The summed E-state index contributed by atoms with van der Waals surface area (Å²) < 4.78 is 0. The predicted molar refractivity (Wildman–Crippen MR) is 48.2 cm³/mol. The molecule has 0 aliphatic carbocycles. The Balaban J connectivity index is 3.16. The Morgan fingerprint density at radius 3 is 2.18 bits per heavy atom. The maximum Gasteiger partial charge on any atom is 0.120 e. The van der Waals surface area contributed by atoms with E-state index in [1.165, 1.54) is 6.42 Å². The minimum Gasteiger partial charge on any atom is -0.303 e. The van der Waals surface area contributed by atoms with Crippen molar-refractivity contribution < 1.29 is 4.79 Å². The zero-order valence-corrected chi connectivity index (χ0v) is 7.84. The summed E-state index contributed by atoms with van der Waals surface area (Å²) in [6.07, 6.45) is 6.25. The summed E-state index contributed by atoms with van der Waals surface area (Å²) in [5, 5.41) is 0. The standard InChI is InChI=1S/C10H19O/c1-9(2)5-4-6-10(3)7-8-11/h4,8-10H,5-7H2,1-3H3. The van der Waals surface area contributed by atoms with Crippen LogP contribution in [0.2, 0.25) is 0 Å². The van der Waals surface area contributed by atoms with E-state index in [0.29, 0.717) is 12.3 Å². The van der Waals surface area contributed by atoms with Gasteiger partial charge in [-0.15, -0.1) is 0 Å². The van der Waals surface area contributed by atoms with Crippen LogP contribution in [0.25, 0.3) is 0 Å². The molecule has 0 N–H and O–H groups in total. The monoisotopic (exact) mass is 155 g/mol. The van der Waals surface area contributed by atoms with Crippen molar-refractivity contribution in [3.63, 3.8) is 0 Å².